The zero-order chi connectivity index (χ0) is 14.5. The van der Waals surface area contributed by atoms with Crippen molar-refractivity contribution in [2.24, 2.45) is 5.92 Å². The number of pyridine rings is 1. The Kier molecular flexibility index (Phi) is 5.09. The summed E-state index contributed by atoms with van der Waals surface area (Å²) in [6.45, 7) is 5.37. The molecule has 20 heavy (non-hydrogen) atoms. The summed E-state index contributed by atoms with van der Waals surface area (Å²) in [6.07, 6.45) is 3.69. The molecule has 3 atom stereocenters. The van der Waals surface area contributed by atoms with Gasteiger partial charge in [0.25, 0.3) is 0 Å². The number of β-amino-alcohol motifs (C(OH)–C–C–N with tert-alkyl or cyclic N) is 1. The number of carbonyl (C=O) groups is 1. The van der Waals surface area contributed by atoms with Gasteiger partial charge in [-0.1, -0.05) is 19.9 Å². The van der Waals surface area contributed by atoms with Crippen LogP contribution in [0.1, 0.15) is 31.7 Å². The largest absolute Gasteiger partial charge is 0.392 e. The summed E-state index contributed by atoms with van der Waals surface area (Å²) >= 11 is 0. The van der Waals surface area contributed by atoms with Gasteiger partial charge < -0.3 is 15.7 Å². The van der Waals surface area contributed by atoms with E-state index in [0.29, 0.717) is 25.4 Å². The molecule has 0 aliphatic carbocycles. The molecule has 1 fully saturated rings. The third-order valence-corrected chi connectivity index (χ3v) is 3.84. The molecule has 0 aromatic carbocycles. The van der Waals surface area contributed by atoms with E-state index in [0.717, 1.165) is 5.56 Å². The van der Waals surface area contributed by atoms with E-state index in [1.54, 1.807) is 6.20 Å². The van der Waals surface area contributed by atoms with Crippen LogP contribution in [0.3, 0.4) is 0 Å². The highest BCUT2D eigenvalue weighted by Gasteiger charge is 2.28. The molecule has 0 bridgehead atoms. The molecule has 1 saturated heterocycles. The fourth-order valence-corrected chi connectivity index (χ4v) is 2.58. The molecule has 1 aliphatic heterocycles. The first kappa shape index (κ1) is 14.9. The molecule has 0 saturated carbocycles. The summed E-state index contributed by atoms with van der Waals surface area (Å²) in [5.41, 5.74) is 1.14. The fourth-order valence-electron chi connectivity index (χ4n) is 2.58. The number of aliphatic hydroxyl groups excluding tert-OH is 1. The Morgan fingerprint density at radius 1 is 1.60 bits per heavy atom. The van der Waals surface area contributed by atoms with E-state index in [9.17, 15) is 9.90 Å². The minimum atomic E-state index is -0.412. The second-order valence-corrected chi connectivity index (χ2v) is 5.73. The van der Waals surface area contributed by atoms with Gasteiger partial charge in [0.15, 0.2) is 0 Å². The lowest BCUT2D eigenvalue weighted by molar-refractivity contribution is -0.123. The van der Waals surface area contributed by atoms with E-state index >= 15 is 0 Å². The Hall–Kier alpha value is -1.46. The topological polar surface area (TPSA) is 74.2 Å². The molecule has 5 heteroatoms. The number of carbonyl (C=O) groups excluding carboxylic acids is 1. The van der Waals surface area contributed by atoms with E-state index in [-0.39, 0.29) is 17.9 Å². The van der Waals surface area contributed by atoms with Crippen molar-refractivity contribution in [3.63, 3.8) is 0 Å². The Balaban J connectivity index is 1.91. The molecular weight excluding hydrogens is 254 g/mol. The summed E-state index contributed by atoms with van der Waals surface area (Å²) < 4.78 is 0. The van der Waals surface area contributed by atoms with Gasteiger partial charge in [0.1, 0.15) is 0 Å². The second-order valence-electron chi connectivity index (χ2n) is 5.73. The van der Waals surface area contributed by atoms with Crippen LogP contribution in [0.5, 0.6) is 0 Å². The van der Waals surface area contributed by atoms with Crippen LogP contribution in [0.4, 0.5) is 0 Å². The van der Waals surface area contributed by atoms with Crippen LogP contribution in [-0.4, -0.2) is 41.2 Å². The standard InChI is InChI=1S/C15H23N3O2/c1-10(2)13(11-4-3-5-16-7-11)9-18-15(20)14-6-12(19)8-17-14/h3-5,7,10,12-14,17,19H,6,8-9H2,1-2H3,(H,18,20)/t12-,13+,14-/m1/s1. The second kappa shape index (κ2) is 6.81. The maximum atomic E-state index is 12.0. The van der Waals surface area contributed by atoms with E-state index in [2.05, 4.69) is 29.5 Å². The first-order valence-electron chi connectivity index (χ1n) is 7.17. The molecule has 5 nitrogen and oxygen atoms in total. The number of hydrogen-bond acceptors (Lipinski definition) is 4. The summed E-state index contributed by atoms with van der Waals surface area (Å²) in [5.74, 6) is 0.636. The van der Waals surface area contributed by atoms with Crippen molar-refractivity contribution in [3.05, 3.63) is 30.1 Å². The van der Waals surface area contributed by atoms with Gasteiger partial charge in [0.2, 0.25) is 5.91 Å². The lowest BCUT2D eigenvalue weighted by atomic mass is 9.89. The average molecular weight is 277 g/mol. The zero-order valence-corrected chi connectivity index (χ0v) is 12.0. The smallest absolute Gasteiger partial charge is 0.237 e. The van der Waals surface area contributed by atoms with Crippen LogP contribution in [0.25, 0.3) is 0 Å². The first-order valence-corrected chi connectivity index (χ1v) is 7.17. The van der Waals surface area contributed by atoms with Crippen molar-refractivity contribution in [2.45, 2.75) is 38.3 Å². The molecule has 2 heterocycles. The average Bonchev–Trinajstić information content (AvgIpc) is 2.86. The van der Waals surface area contributed by atoms with Gasteiger partial charge in [-0.05, 0) is 24.0 Å². The van der Waals surface area contributed by atoms with Crippen molar-refractivity contribution in [1.82, 2.24) is 15.6 Å². The molecule has 2 rings (SSSR count). The molecule has 1 aromatic heterocycles. The van der Waals surface area contributed by atoms with Gasteiger partial charge in [-0.25, -0.2) is 0 Å². The molecule has 0 radical (unpaired) electrons. The van der Waals surface area contributed by atoms with Gasteiger partial charge in [0, 0.05) is 31.4 Å². The zero-order valence-electron chi connectivity index (χ0n) is 12.0. The maximum absolute atomic E-state index is 12.0. The van der Waals surface area contributed by atoms with Crippen LogP contribution < -0.4 is 10.6 Å². The molecule has 1 aromatic rings. The molecule has 1 amide bonds. The molecule has 0 spiro atoms. The van der Waals surface area contributed by atoms with E-state index in [4.69, 9.17) is 0 Å². The van der Waals surface area contributed by atoms with E-state index < -0.39 is 6.10 Å². The summed E-state index contributed by atoms with van der Waals surface area (Å²) in [6, 6.07) is 3.69. The van der Waals surface area contributed by atoms with Crippen molar-refractivity contribution in [3.8, 4) is 0 Å². The first-order chi connectivity index (χ1) is 9.58. The minimum absolute atomic E-state index is 0.0314. The molecule has 0 unspecified atom stereocenters. The van der Waals surface area contributed by atoms with Crippen molar-refractivity contribution in [2.75, 3.05) is 13.1 Å². The number of nitrogens with zero attached hydrogens (tertiary/aromatic N) is 1. The maximum Gasteiger partial charge on any atom is 0.237 e. The van der Waals surface area contributed by atoms with Crippen molar-refractivity contribution >= 4 is 5.91 Å². The number of amides is 1. The fraction of sp³-hybridized carbons (Fsp3) is 0.600. The molecule has 110 valence electrons. The van der Waals surface area contributed by atoms with Gasteiger partial charge >= 0.3 is 0 Å². The highest BCUT2D eigenvalue weighted by atomic mass is 16.3. The summed E-state index contributed by atoms with van der Waals surface area (Å²) in [5, 5.41) is 15.5. The number of hydrogen-bond donors (Lipinski definition) is 3. The number of nitrogens with one attached hydrogen (secondary N) is 2. The Labute approximate surface area is 119 Å². The van der Waals surface area contributed by atoms with Gasteiger partial charge in [-0.2, -0.15) is 0 Å². The van der Waals surface area contributed by atoms with Gasteiger partial charge in [0.05, 0.1) is 12.1 Å². The predicted molar refractivity (Wildman–Crippen MR) is 77.2 cm³/mol. The quantitative estimate of drug-likeness (QED) is 0.739. The van der Waals surface area contributed by atoms with Gasteiger partial charge in [-0.3, -0.25) is 9.78 Å². The predicted octanol–water partition coefficient (Wildman–Crippen LogP) is 0.660. The van der Waals surface area contributed by atoms with Gasteiger partial charge in [-0.15, -0.1) is 0 Å². The minimum Gasteiger partial charge on any atom is -0.392 e. The lowest BCUT2D eigenvalue weighted by Crippen LogP contribution is -2.42. The monoisotopic (exact) mass is 277 g/mol. The highest BCUT2D eigenvalue weighted by Crippen LogP contribution is 2.22. The van der Waals surface area contributed by atoms with E-state index in [1.807, 2.05) is 18.3 Å². The number of rotatable bonds is 5. The number of aliphatic hydroxyl groups is 1. The van der Waals surface area contributed by atoms with Crippen molar-refractivity contribution < 1.29 is 9.90 Å². The summed E-state index contributed by atoms with van der Waals surface area (Å²) in [4.78, 5) is 16.2. The third kappa shape index (κ3) is 3.77. The van der Waals surface area contributed by atoms with Crippen LogP contribution >= 0.6 is 0 Å². The highest BCUT2D eigenvalue weighted by molar-refractivity contribution is 5.82. The van der Waals surface area contributed by atoms with Crippen molar-refractivity contribution in [1.29, 1.82) is 0 Å². The van der Waals surface area contributed by atoms with Crippen LogP contribution in [0.2, 0.25) is 0 Å². The van der Waals surface area contributed by atoms with E-state index in [1.165, 1.54) is 0 Å². The van der Waals surface area contributed by atoms with Crippen LogP contribution in [0, 0.1) is 5.92 Å². The third-order valence-electron chi connectivity index (χ3n) is 3.84. The van der Waals surface area contributed by atoms with Crippen LogP contribution in [-0.2, 0) is 4.79 Å². The molecule has 1 aliphatic rings. The van der Waals surface area contributed by atoms with Crippen LogP contribution in [0.15, 0.2) is 24.5 Å². The molecular formula is C15H23N3O2. The lowest BCUT2D eigenvalue weighted by Gasteiger charge is -2.22. The molecule has 3 N–H and O–H groups in total. The Morgan fingerprint density at radius 3 is 2.95 bits per heavy atom. The SMILES string of the molecule is CC(C)[C@H](CNC(=O)[C@H]1C[C@@H](O)CN1)c1cccnc1. The Morgan fingerprint density at radius 2 is 2.40 bits per heavy atom. The number of aromatic nitrogens is 1. The Bertz CT molecular complexity index is 436. The normalized spacial score (nSPS) is 23.8. The summed E-state index contributed by atoms with van der Waals surface area (Å²) in [7, 11) is 0.